The van der Waals surface area contributed by atoms with Gasteiger partial charge in [0.1, 0.15) is 0 Å². The summed E-state index contributed by atoms with van der Waals surface area (Å²) in [6.07, 6.45) is 0. The maximum atomic E-state index is 3.79. The van der Waals surface area contributed by atoms with Crippen LogP contribution in [-0.4, -0.2) is 5.54 Å². The van der Waals surface area contributed by atoms with Crippen molar-refractivity contribution in [1.82, 2.24) is 5.32 Å². The second kappa shape index (κ2) is 6.74. The molecule has 3 aromatic carbocycles. The van der Waals surface area contributed by atoms with Gasteiger partial charge in [0, 0.05) is 22.7 Å². The summed E-state index contributed by atoms with van der Waals surface area (Å²) < 4.78 is 0. The van der Waals surface area contributed by atoms with Gasteiger partial charge in [-0.05, 0) is 54.7 Å². The van der Waals surface area contributed by atoms with E-state index in [2.05, 4.69) is 112 Å². The maximum absolute atomic E-state index is 3.79. The average molecular weight is 354 g/mol. The van der Waals surface area contributed by atoms with Crippen molar-refractivity contribution in [3.8, 4) is 11.1 Å². The zero-order valence-corrected chi connectivity index (χ0v) is 16.6. The first-order chi connectivity index (χ1) is 12.9. The summed E-state index contributed by atoms with van der Waals surface area (Å²) in [4.78, 5) is 0. The van der Waals surface area contributed by atoms with E-state index in [0.717, 1.165) is 0 Å². The van der Waals surface area contributed by atoms with Gasteiger partial charge >= 0.3 is 0 Å². The predicted molar refractivity (Wildman–Crippen MR) is 116 cm³/mol. The fraction of sp³-hybridized carbons (Fsp3) is 0.231. The zero-order chi connectivity index (χ0) is 19.0. The standard InChI is InChI=1S/C26H27N/c1-18-23-17-21(19-11-7-5-8-12-19)15-16-22(23)25(27-26(2,3)4)24(18)20-13-9-6-10-14-20/h5-18,27H,1-4H3. The molecule has 0 fully saturated rings. The number of hydrogen-bond acceptors (Lipinski definition) is 1. The lowest BCUT2D eigenvalue weighted by Gasteiger charge is -2.25. The second-order valence-electron chi connectivity index (χ2n) is 8.42. The minimum Gasteiger partial charge on any atom is -0.380 e. The van der Waals surface area contributed by atoms with Crippen LogP contribution in [0.4, 0.5) is 0 Å². The third-order valence-corrected chi connectivity index (χ3v) is 5.18. The van der Waals surface area contributed by atoms with Crippen LogP contribution in [0.15, 0.2) is 78.9 Å². The molecule has 136 valence electrons. The van der Waals surface area contributed by atoms with Crippen LogP contribution in [0.25, 0.3) is 22.4 Å². The summed E-state index contributed by atoms with van der Waals surface area (Å²) in [6.45, 7) is 9.00. The third-order valence-electron chi connectivity index (χ3n) is 5.18. The number of hydrogen-bond donors (Lipinski definition) is 1. The first kappa shape index (κ1) is 17.6. The van der Waals surface area contributed by atoms with Gasteiger partial charge in [-0.15, -0.1) is 0 Å². The van der Waals surface area contributed by atoms with Crippen molar-refractivity contribution in [2.75, 3.05) is 0 Å². The third kappa shape index (κ3) is 3.42. The Labute approximate surface area is 162 Å². The Bertz CT molecular complexity index is 976. The minimum absolute atomic E-state index is 0.00873. The van der Waals surface area contributed by atoms with Crippen LogP contribution in [0.1, 0.15) is 50.3 Å². The Hall–Kier alpha value is -2.80. The summed E-state index contributed by atoms with van der Waals surface area (Å²) in [7, 11) is 0. The fourth-order valence-electron chi connectivity index (χ4n) is 4.00. The van der Waals surface area contributed by atoms with Crippen LogP contribution >= 0.6 is 0 Å². The molecular weight excluding hydrogens is 326 g/mol. The van der Waals surface area contributed by atoms with E-state index in [9.17, 15) is 0 Å². The maximum Gasteiger partial charge on any atom is 0.0465 e. The van der Waals surface area contributed by atoms with Crippen molar-refractivity contribution in [2.24, 2.45) is 0 Å². The average Bonchev–Trinajstić information content (AvgIpc) is 2.93. The van der Waals surface area contributed by atoms with Crippen LogP contribution in [-0.2, 0) is 0 Å². The van der Waals surface area contributed by atoms with E-state index in [0.29, 0.717) is 5.92 Å². The number of benzene rings is 3. The van der Waals surface area contributed by atoms with E-state index in [4.69, 9.17) is 0 Å². The summed E-state index contributed by atoms with van der Waals surface area (Å²) in [5, 5.41) is 3.79. The van der Waals surface area contributed by atoms with Gasteiger partial charge in [-0.25, -0.2) is 0 Å². The molecule has 0 heterocycles. The smallest absolute Gasteiger partial charge is 0.0465 e. The molecule has 0 saturated carbocycles. The molecule has 0 aliphatic heterocycles. The Morgan fingerprint density at radius 1 is 0.704 bits per heavy atom. The van der Waals surface area contributed by atoms with Crippen molar-refractivity contribution in [3.05, 3.63) is 95.6 Å². The molecule has 3 aromatic rings. The molecule has 0 radical (unpaired) electrons. The van der Waals surface area contributed by atoms with Gasteiger partial charge in [0.25, 0.3) is 0 Å². The molecule has 1 heteroatoms. The Kier molecular flexibility index (Phi) is 4.39. The van der Waals surface area contributed by atoms with Crippen molar-refractivity contribution in [1.29, 1.82) is 0 Å². The second-order valence-corrected chi connectivity index (χ2v) is 8.42. The van der Waals surface area contributed by atoms with Gasteiger partial charge in [-0.2, -0.15) is 0 Å². The highest BCUT2D eigenvalue weighted by Gasteiger charge is 2.31. The fourth-order valence-corrected chi connectivity index (χ4v) is 4.00. The van der Waals surface area contributed by atoms with Crippen LogP contribution < -0.4 is 5.32 Å². The number of nitrogens with one attached hydrogen (secondary N) is 1. The topological polar surface area (TPSA) is 12.0 Å². The molecule has 27 heavy (non-hydrogen) atoms. The number of rotatable bonds is 3. The van der Waals surface area contributed by atoms with Crippen molar-refractivity contribution in [3.63, 3.8) is 0 Å². The van der Waals surface area contributed by atoms with Gasteiger partial charge in [-0.3, -0.25) is 0 Å². The van der Waals surface area contributed by atoms with Crippen molar-refractivity contribution >= 4 is 11.3 Å². The lowest BCUT2D eigenvalue weighted by atomic mass is 9.91. The molecule has 1 atom stereocenters. The van der Waals surface area contributed by atoms with Crippen LogP contribution in [0.2, 0.25) is 0 Å². The van der Waals surface area contributed by atoms with Gasteiger partial charge in [0.05, 0.1) is 0 Å². The van der Waals surface area contributed by atoms with E-state index in [1.165, 1.54) is 39.1 Å². The molecule has 1 aliphatic carbocycles. The van der Waals surface area contributed by atoms with E-state index >= 15 is 0 Å². The molecule has 4 rings (SSSR count). The van der Waals surface area contributed by atoms with Crippen molar-refractivity contribution < 1.29 is 0 Å². The molecular formula is C26H27N. The molecule has 0 amide bonds. The van der Waals surface area contributed by atoms with Gasteiger partial charge < -0.3 is 5.32 Å². The van der Waals surface area contributed by atoms with E-state index < -0.39 is 0 Å². The number of fused-ring (bicyclic) bond motifs is 1. The van der Waals surface area contributed by atoms with Crippen LogP contribution in [0, 0.1) is 0 Å². The van der Waals surface area contributed by atoms with Gasteiger partial charge in [0.15, 0.2) is 0 Å². The lowest BCUT2D eigenvalue weighted by Crippen LogP contribution is -2.34. The highest BCUT2D eigenvalue weighted by Crippen LogP contribution is 2.47. The summed E-state index contributed by atoms with van der Waals surface area (Å²) in [5.74, 6) is 0.357. The van der Waals surface area contributed by atoms with Gasteiger partial charge in [-0.1, -0.05) is 79.7 Å². The Balaban J connectivity index is 1.85. The quantitative estimate of drug-likeness (QED) is 0.550. The highest BCUT2D eigenvalue weighted by atomic mass is 15.0. The normalized spacial score (nSPS) is 16.4. The van der Waals surface area contributed by atoms with E-state index in [-0.39, 0.29) is 5.54 Å². The molecule has 1 aliphatic rings. The summed E-state index contributed by atoms with van der Waals surface area (Å²) in [6, 6.07) is 28.3. The molecule has 0 aromatic heterocycles. The van der Waals surface area contributed by atoms with E-state index in [1.807, 2.05) is 0 Å². The molecule has 0 bridgehead atoms. The molecule has 1 unspecified atom stereocenters. The highest BCUT2D eigenvalue weighted by molar-refractivity contribution is 5.99. The molecule has 0 spiro atoms. The Morgan fingerprint density at radius 2 is 1.30 bits per heavy atom. The minimum atomic E-state index is 0.00873. The largest absolute Gasteiger partial charge is 0.380 e. The van der Waals surface area contributed by atoms with Gasteiger partial charge in [0.2, 0.25) is 0 Å². The van der Waals surface area contributed by atoms with Crippen LogP contribution in [0.5, 0.6) is 0 Å². The van der Waals surface area contributed by atoms with E-state index in [1.54, 1.807) is 0 Å². The first-order valence-corrected chi connectivity index (χ1v) is 9.71. The molecule has 1 nitrogen and oxygen atoms in total. The Morgan fingerprint density at radius 3 is 1.89 bits per heavy atom. The first-order valence-electron chi connectivity index (χ1n) is 9.71. The zero-order valence-electron chi connectivity index (χ0n) is 16.6. The lowest BCUT2D eigenvalue weighted by molar-refractivity contribution is 0.502. The summed E-state index contributed by atoms with van der Waals surface area (Å²) >= 11 is 0. The number of allylic oxidation sites excluding steroid dienone is 1. The van der Waals surface area contributed by atoms with Crippen molar-refractivity contribution in [2.45, 2.75) is 39.2 Å². The molecule has 0 saturated heterocycles. The predicted octanol–water partition coefficient (Wildman–Crippen LogP) is 6.73. The van der Waals surface area contributed by atoms with Crippen LogP contribution in [0.3, 0.4) is 0 Å². The molecule has 1 N–H and O–H groups in total. The monoisotopic (exact) mass is 353 g/mol. The summed E-state index contributed by atoms with van der Waals surface area (Å²) in [5.41, 5.74) is 9.26. The SMILES string of the molecule is CC1C(c2ccccc2)=C(NC(C)(C)C)c2ccc(-c3ccccc3)cc21.